The van der Waals surface area contributed by atoms with Crippen LogP contribution in [-0.4, -0.2) is 57.4 Å². The summed E-state index contributed by atoms with van der Waals surface area (Å²) < 4.78 is 15.2. The second-order valence-corrected chi connectivity index (χ2v) is 15.3. The zero-order chi connectivity index (χ0) is 21.2. The summed E-state index contributed by atoms with van der Waals surface area (Å²) in [5, 5.41) is 9.10. The normalized spacial score (nSPS) is 14.8. The summed E-state index contributed by atoms with van der Waals surface area (Å²) in [6, 6.07) is 2.99. The first-order valence-electron chi connectivity index (χ1n) is 10.2. The fourth-order valence-corrected chi connectivity index (χ4v) is 3.93. The van der Waals surface area contributed by atoms with E-state index >= 15 is 0 Å². The predicted octanol–water partition coefficient (Wildman–Crippen LogP) is 3.67. The zero-order valence-electron chi connectivity index (χ0n) is 18.4. The van der Waals surface area contributed by atoms with Crippen molar-refractivity contribution in [3.05, 3.63) is 29.7 Å². The van der Waals surface area contributed by atoms with Gasteiger partial charge in [0.1, 0.15) is 12.3 Å². The highest BCUT2D eigenvalue weighted by atomic mass is 28.3. The van der Waals surface area contributed by atoms with E-state index in [9.17, 15) is 4.79 Å². The van der Waals surface area contributed by atoms with Crippen molar-refractivity contribution in [1.29, 1.82) is 0 Å². The molecule has 2 aromatic rings. The maximum atomic E-state index is 12.6. The molecule has 1 aliphatic heterocycles. The Hall–Kier alpha value is -2.13. The molecule has 1 amide bonds. The summed E-state index contributed by atoms with van der Waals surface area (Å²) in [5.74, 6) is 0.743. The molecule has 0 unspecified atom stereocenters. The van der Waals surface area contributed by atoms with Crippen molar-refractivity contribution in [2.24, 2.45) is 0 Å². The van der Waals surface area contributed by atoms with E-state index in [1.54, 1.807) is 15.8 Å². The van der Waals surface area contributed by atoms with Crippen molar-refractivity contribution in [2.75, 3.05) is 13.2 Å². The molecule has 0 saturated carbocycles. The summed E-state index contributed by atoms with van der Waals surface area (Å²) in [6.45, 7) is 14.9. The fraction of sp³-hybridized carbons (Fsp3) is 0.650. The number of fused-ring (bicyclic) bond motifs is 1. The van der Waals surface area contributed by atoms with Gasteiger partial charge in [-0.05, 0) is 32.9 Å². The minimum atomic E-state index is -1.13. The molecular weight excluding hydrogens is 386 g/mol. The van der Waals surface area contributed by atoms with Crippen LogP contribution in [0.1, 0.15) is 32.0 Å². The second kappa shape index (κ2) is 8.31. The Bertz CT molecular complexity index is 834. The van der Waals surface area contributed by atoms with E-state index in [1.165, 1.54) is 0 Å². The van der Waals surface area contributed by atoms with E-state index in [0.29, 0.717) is 26.2 Å². The zero-order valence-corrected chi connectivity index (χ0v) is 19.4. The number of aromatic nitrogens is 4. The Morgan fingerprint density at radius 2 is 2.03 bits per heavy atom. The Kier molecular flexibility index (Phi) is 6.18. The number of carbonyl (C=O) groups is 1. The van der Waals surface area contributed by atoms with Crippen LogP contribution >= 0.6 is 0 Å². The maximum absolute atomic E-state index is 12.6. The van der Waals surface area contributed by atoms with Gasteiger partial charge in [0.05, 0.1) is 12.2 Å². The number of hydrogen-bond acceptors (Lipinski definition) is 5. The fourth-order valence-electron chi connectivity index (χ4n) is 3.17. The Morgan fingerprint density at radius 1 is 1.28 bits per heavy atom. The lowest BCUT2D eigenvalue weighted by Gasteiger charge is -2.30. The van der Waals surface area contributed by atoms with E-state index in [-0.39, 0.29) is 6.09 Å². The van der Waals surface area contributed by atoms with Crippen molar-refractivity contribution in [3.63, 3.8) is 0 Å². The molecule has 0 spiro atoms. The van der Waals surface area contributed by atoms with Crippen LogP contribution in [0.15, 0.2) is 18.5 Å². The smallest absolute Gasteiger partial charge is 0.410 e. The van der Waals surface area contributed by atoms with E-state index < -0.39 is 13.7 Å². The number of nitrogens with zero attached hydrogens (tertiary/aromatic N) is 5. The van der Waals surface area contributed by atoms with Crippen molar-refractivity contribution < 1.29 is 14.3 Å². The first-order valence-corrected chi connectivity index (χ1v) is 13.9. The van der Waals surface area contributed by atoms with Gasteiger partial charge in [-0.25, -0.2) is 14.2 Å². The quantitative estimate of drug-likeness (QED) is 0.527. The molecule has 0 fully saturated rings. The number of carbonyl (C=O) groups excluding carboxylic acids is 1. The molecule has 3 rings (SSSR count). The van der Waals surface area contributed by atoms with E-state index in [0.717, 1.165) is 29.7 Å². The molecule has 8 nitrogen and oxygen atoms in total. The third kappa shape index (κ3) is 5.69. The van der Waals surface area contributed by atoms with Crippen LogP contribution in [0.3, 0.4) is 0 Å². The van der Waals surface area contributed by atoms with Gasteiger partial charge in [-0.15, -0.1) is 0 Å². The van der Waals surface area contributed by atoms with Crippen LogP contribution in [0, 0.1) is 0 Å². The topological polar surface area (TPSA) is 74.4 Å². The van der Waals surface area contributed by atoms with Crippen LogP contribution in [0.4, 0.5) is 4.79 Å². The van der Waals surface area contributed by atoms with Gasteiger partial charge in [-0.1, -0.05) is 19.6 Å². The number of ether oxygens (including phenoxy) is 2. The highest BCUT2D eigenvalue weighted by Crippen LogP contribution is 2.26. The van der Waals surface area contributed by atoms with E-state index in [2.05, 4.69) is 24.7 Å². The van der Waals surface area contributed by atoms with Crippen LogP contribution in [-0.2, 0) is 29.2 Å². The summed E-state index contributed by atoms with van der Waals surface area (Å²) in [4.78, 5) is 14.3. The second-order valence-electron chi connectivity index (χ2n) is 9.70. The molecule has 1 aliphatic rings. The lowest BCUT2D eigenvalue weighted by molar-refractivity contribution is 0.0218. The third-order valence-electron chi connectivity index (χ3n) is 4.70. The molecule has 0 aliphatic carbocycles. The van der Waals surface area contributed by atoms with Crippen molar-refractivity contribution in [2.45, 2.75) is 71.8 Å². The van der Waals surface area contributed by atoms with Gasteiger partial charge in [0, 0.05) is 45.6 Å². The first-order chi connectivity index (χ1) is 13.5. The summed E-state index contributed by atoms with van der Waals surface area (Å²) in [6.07, 6.45) is 4.00. The van der Waals surface area contributed by atoms with Crippen molar-refractivity contribution in [1.82, 2.24) is 24.5 Å². The summed E-state index contributed by atoms with van der Waals surface area (Å²) in [5.41, 5.74) is 1.58. The monoisotopic (exact) mass is 419 g/mol. The molecule has 29 heavy (non-hydrogen) atoms. The number of rotatable bonds is 6. The van der Waals surface area contributed by atoms with Gasteiger partial charge in [0.25, 0.3) is 0 Å². The number of amides is 1. The van der Waals surface area contributed by atoms with Gasteiger partial charge in [0.2, 0.25) is 0 Å². The van der Waals surface area contributed by atoms with Gasteiger partial charge in [0.15, 0.2) is 5.82 Å². The van der Waals surface area contributed by atoms with E-state index in [4.69, 9.17) is 14.6 Å². The third-order valence-corrected chi connectivity index (χ3v) is 6.40. The first kappa shape index (κ1) is 21.6. The largest absolute Gasteiger partial charge is 0.444 e. The highest BCUT2D eigenvalue weighted by Gasteiger charge is 2.31. The number of hydrogen-bond donors (Lipinski definition) is 0. The van der Waals surface area contributed by atoms with E-state index in [1.807, 2.05) is 37.7 Å². The molecule has 0 radical (unpaired) electrons. The molecule has 2 aromatic heterocycles. The standard InChI is InChI=1S/C20H33N5O3Si/c1-20(2,3)28-19(26)23-11-8-17-16(14-23)18(24-10-7-9-21-24)22-25(17)15-27-12-13-29(4,5)6/h7,9-10H,8,11-15H2,1-6H3. The molecule has 3 heterocycles. The Morgan fingerprint density at radius 3 is 2.66 bits per heavy atom. The van der Waals surface area contributed by atoms with Crippen LogP contribution in [0.2, 0.25) is 25.7 Å². The Balaban J connectivity index is 1.78. The average molecular weight is 420 g/mol. The van der Waals surface area contributed by atoms with Crippen LogP contribution < -0.4 is 0 Å². The molecular formula is C20H33N5O3Si. The van der Waals surface area contributed by atoms with Crippen molar-refractivity contribution >= 4 is 14.2 Å². The molecule has 0 aromatic carbocycles. The van der Waals surface area contributed by atoms with Gasteiger partial charge < -0.3 is 14.4 Å². The Labute approximate surface area is 173 Å². The van der Waals surface area contributed by atoms with Crippen molar-refractivity contribution in [3.8, 4) is 5.82 Å². The minimum Gasteiger partial charge on any atom is -0.444 e. The summed E-state index contributed by atoms with van der Waals surface area (Å²) in [7, 11) is -1.13. The molecule has 160 valence electrons. The van der Waals surface area contributed by atoms with Crippen LogP contribution in [0.25, 0.3) is 5.82 Å². The van der Waals surface area contributed by atoms with Gasteiger partial charge in [-0.2, -0.15) is 10.2 Å². The minimum absolute atomic E-state index is 0.297. The molecule has 0 atom stereocenters. The predicted molar refractivity (Wildman–Crippen MR) is 114 cm³/mol. The average Bonchev–Trinajstić information content (AvgIpc) is 3.23. The molecule has 0 bridgehead atoms. The SMILES string of the molecule is CC(C)(C)OC(=O)N1CCc2c(c(-n3cccn3)nn2COCC[Si](C)(C)C)C1. The lowest BCUT2D eigenvalue weighted by Crippen LogP contribution is -2.40. The van der Waals surface area contributed by atoms with Gasteiger partial charge in [-0.3, -0.25) is 0 Å². The van der Waals surface area contributed by atoms with Crippen LogP contribution in [0.5, 0.6) is 0 Å². The molecule has 9 heteroatoms. The molecule has 0 saturated heterocycles. The summed E-state index contributed by atoms with van der Waals surface area (Å²) >= 11 is 0. The van der Waals surface area contributed by atoms with Gasteiger partial charge >= 0.3 is 6.09 Å². The lowest BCUT2D eigenvalue weighted by atomic mass is 10.1. The maximum Gasteiger partial charge on any atom is 0.410 e. The molecule has 0 N–H and O–H groups in total. The highest BCUT2D eigenvalue weighted by molar-refractivity contribution is 6.76.